The van der Waals surface area contributed by atoms with Crippen molar-refractivity contribution in [3.8, 4) is 0 Å². The molecule has 1 aliphatic rings. The molecule has 7 heteroatoms. The number of benzene rings is 1. The summed E-state index contributed by atoms with van der Waals surface area (Å²) in [5.74, 6) is -0.259. The fraction of sp³-hybridized carbons (Fsp3) is 0.529. The van der Waals surface area contributed by atoms with Gasteiger partial charge in [-0.25, -0.2) is 4.79 Å². The van der Waals surface area contributed by atoms with Gasteiger partial charge in [-0.3, -0.25) is 9.69 Å². The van der Waals surface area contributed by atoms with Crippen LogP contribution < -0.4 is 16.0 Å². The maximum Gasteiger partial charge on any atom is 0.409 e. The molecule has 1 aliphatic heterocycles. The Morgan fingerprint density at radius 2 is 2.21 bits per heavy atom. The fourth-order valence-corrected chi connectivity index (χ4v) is 2.82. The molecular formula is C17H24ClN3O3. The molecule has 0 bridgehead atoms. The van der Waals surface area contributed by atoms with Gasteiger partial charge in [-0.1, -0.05) is 31.9 Å². The molecule has 1 aromatic carbocycles. The topological polar surface area (TPSA) is 84.7 Å². The number of carbonyl (C=O) groups is 2. The zero-order chi connectivity index (χ0) is 17.7. The number of nitrogens with one attached hydrogen (secondary N) is 1. The van der Waals surface area contributed by atoms with E-state index in [0.29, 0.717) is 30.1 Å². The monoisotopic (exact) mass is 353 g/mol. The number of nitrogens with two attached hydrogens (primary N) is 1. The summed E-state index contributed by atoms with van der Waals surface area (Å²) in [7, 11) is 0. The predicted molar refractivity (Wildman–Crippen MR) is 94.1 cm³/mol. The molecule has 0 aromatic heterocycles. The summed E-state index contributed by atoms with van der Waals surface area (Å²) in [6.07, 6.45) is 1.52. The molecule has 1 aromatic rings. The van der Waals surface area contributed by atoms with Gasteiger partial charge in [0.1, 0.15) is 0 Å². The minimum atomic E-state index is -0.704. The van der Waals surface area contributed by atoms with Gasteiger partial charge in [0, 0.05) is 18.0 Å². The second-order valence-corrected chi connectivity index (χ2v) is 6.28. The van der Waals surface area contributed by atoms with E-state index in [0.717, 1.165) is 18.4 Å². The number of hydrogen-bond acceptors (Lipinski definition) is 4. The van der Waals surface area contributed by atoms with Gasteiger partial charge >= 0.3 is 6.09 Å². The lowest BCUT2D eigenvalue weighted by Gasteiger charge is -2.27. The molecule has 0 spiro atoms. The number of amides is 2. The van der Waals surface area contributed by atoms with Gasteiger partial charge in [-0.15, -0.1) is 0 Å². The average molecular weight is 354 g/mol. The van der Waals surface area contributed by atoms with E-state index >= 15 is 0 Å². The van der Waals surface area contributed by atoms with Crippen molar-refractivity contribution in [3.63, 3.8) is 0 Å². The summed E-state index contributed by atoms with van der Waals surface area (Å²) in [6, 6.07) is 4.62. The van der Waals surface area contributed by atoms with Crippen LogP contribution in [0.5, 0.6) is 0 Å². The summed E-state index contributed by atoms with van der Waals surface area (Å²) in [5, 5.41) is 3.27. The van der Waals surface area contributed by atoms with Crippen LogP contribution in [-0.4, -0.2) is 30.8 Å². The number of unbranched alkanes of at least 4 members (excludes halogenated alkanes) is 1. The van der Waals surface area contributed by atoms with Crippen LogP contribution in [0.2, 0.25) is 5.02 Å². The van der Waals surface area contributed by atoms with Gasteiger partial charge in [-0.05, 0) is 36.6 Å². The molecular weight excluding hydrogens is 330 g/mol. The zero-order valence-corrected chi connectivity index (χ0v) is 14.8. The second-order valence-electron chi connectivity index (χ2n) is 5.84. The van der Waals surface area contributed by atoms with Gasteiger partial charge in [0.2, 0.25) is 5.91 Å². The lowest BCUT2D eigenvalue weighted by atomic mass is 10.1. The van der Waals surface area contributed by atoms with Crippen molar-refractivity contribution in [1.29, 1.82) is 0 Å². The molecule has 0 saturated carbocycles. The van der Waals surface area contributed by atoms with Crippen LogP contribution in [0.4, 0.5) is 10.5 Å². The highest BCUT2D eigenvalue weighted by molar-refractivity contribution is 6.30. The molecule has 0 saturated heterocycles. The number of nitrogens with zero attached hydrogens (tertiary/aromatic N) is 1. The van der Waals surface area contributed by atoms with Crippen LogP contribution in [0.15, 0.2) is 18.2 Å². The first-order chi connectivity index (χ1) is 11.5. The van der Waals surface area contributed by atoms with Crippen LogP contribution in [0.1, 0.15) is 38.7 Å². The van der Waals surface area contributed by atoms with Gasteiger partial charge < -0.3 is 15.8 Å². The SMILES string of the molecule is CCCCNC(=O)O[C@H]1Cc2cc(Cl)ccc2N1C(=O)[C@@H](N)CC. The van der Waals surface area contributed by atoms with Crippen LogP contribution in [0, 0.1) is 0 Å². The molecule has 0 unspecified atom stereocenters. The first-order valence-electron chi connectivity index (χ1n) is 8.29. The molecule has 132 valence electrons. The first kappa shape index (κ1) is 18.5. The molecule has 0 fully saturated rings. The van der Waals surface area contributed by atoms with Crippen molar-refractivity contribution in [1.82, 2.24) is 5.32 Å². The quantitative estimate of drug-likeness (QED) is 0.770. The maximum atomic E-state index is 12.6. The normalized spacial score (nSPS) is 17.3. The summed E-state index contributed by atoms with van der Waals surface area (Å²) in [5.41, 5.74) is 7.46. The Balaban J connectivity index is 2.17. The third-order valence-corrected chi connectivity index (χ3v) is 4.26. The van der Waals surface area contributed by atoms with Gasteiger partial charge in [0.25, 0.3) is 0 Å². The van der Waals surface area contributed by atoms with E-state index in [1.165, 1.54) is 4.90 Å². The Kier molecular flexibility index (Phi) is 6.45. The molecule has 24 heavy (non-hydrogen) atoms. The largest absolute Gasteiger partial charge is 0.425 e. The number of alkyl carbamates (subject to hydrolysis) is 1. The van der Waals surface area contributed by atoms with E-state index in [1.54, 1.807) is 18.2 Å². The van der Waals surface area contributed by atoms with Crippen molar-refractivity contribution >= 4 is 29.3 Å². The zero-order valence-electron chi connectivity index (χ0n) is 14.0. The molecule has 0 radical (unpaired) electrons. The Labute approximate surface area is 147 Å². The summed E-state index contributed by atoms with van der Waals surface area (Å²) >= 11 is 6.03. The number of fused-ring (bicyclic) bond motifs is 1. The van der Waals surface area contributed by atoms with E-state index in [1.807, 2.05) is 13.8 Å². The van der Waals surface area contributed by atoms with E-state index in [4.69, 9.17) is 22.1 Å². The van der Waals surface area contributed by atoms with Crippen LogP contribution >= 0.6 is 11.6 Å². The van der Waals surface area contributed by atoms with Crippen molar-refractivity contribution in [3.05, 3.63) is 28.8 Å². The number of carbonyl (C=O) groups excluding carboxylic acids is 2. The number of anilines is 1. The van der Waals surface area contributed by atoms with Crippen molar-refractivity contribution in [2.45, 2.75) is 51.8 Å². The average Bonchev–Trinajstić information content (AvgIpc) is 2.90. The van der Waals surface area contributed by atoms with Gasteiger partial charge in [0.05, 0.1) is 11.7 Å². The lowest BCUT2D eigenvalue weighted by molar-refractivity contribution is -0.121. The second kappa shape index (κ2) is 8.35. The number of hydrogen-bond donors (Lipinski definition) is 2. The Hall–Kier alpha value is -1.79. The highest BCUT2D eigenvalue weighted by atomic mass is 35.5. The minimum absolute atomic E-state index is 0.259. The summed E-state index contributed by atoms with van der Waals surface area (Å²) < 4.78 is 5.47. The Morgan fingerprint density at radius 3 is 2.88 bits per heavy atom. The fourth-order valence-electron chi connectivity index (χ4n) is 2.63. The van der Waals surface area contributed by atoms with Crippen molar-refractivity contribution < 1.29 is 14.3 Å². The first-order valence-corrected chi connectivity index (χ1v) is 8.67. The molecule has 2 atom stereocenters. The molecule has 2 amide bonds. The number of ether oxygens (including phenoxy) is 1. The van der Waals surface area contributed by atoms with E-state index < -0.39 is 18.4 Å². The highest BCUT2D eigenvalue weighted by Crippen LogP contribution is 2.35. The summed E-state index contributed by atoms with van der Waals surface area (Å²) in [6.45, 7) is 4.43. The predicted octanol–water partition coefficient (Wildman–Crippen LogP) is 2.82. The van der Waals surface area contributed by atoms with E-state index in [-0.39, 0.29) is 5.91 Å². The van der Waals surface area contributed by atoms with Crippen molar-refractivity contribution in [2.75, 3.05) is 11.4 Å². The maximum absolute atomic E-state index is 12.6. The Morgan fingerprint density at radius 1 is 1.46 bits per heavy atom. The molecule has 1 heterocycles. The molecule has 6 nitrogen and oxygen atoms in total. The third-order valence-electron chi connectivity index (χ3n) is 4.02. The molecule has 2 rings (SSSR count). The van der Waals surface area contributed by atoms with Gasteiger partial charge in [-0.2, -0.15) is 0 Å². The van der Waals surface area contributed by atoms with E-state index in [9.17, 15) is 9.59 Å². The van der Waals surface area contributed by atoms with Gasteiger partial charge in [0.15, 0.2) is 6.23 Å². The standard InChI is InChI=1S/C17H24ClN3O3/c1-3-5-8-20-17(23)24-15-10-11-9-12(18)6-7-14(11)21(15)16(22)13(19)4-2/h6-7,9,13,15H,3-5,8,10,19H2,1-2H3,(H,20,23)/t13-,15-/m0/s1. The lowest BCUT2D eigenvalue weighted by Crippen LogP contribution is -2.49. The highest BCUT2D eigenvalue weighted by Gasteiger charge is 2.38. The van der Waals surface area contributed by atoms with E-state index in [2.05, 4.69) is 5.32 Å². The minimum Gasteiger partial charge on any atom is -0.425 e. The third kappa shape index (κ3) is 4.19. The molecule has 0 aliphatic carbocycles. The Bertz CT molecular complexity index is 609. The number of rotatable bonds is 6. The van der Waals surface area contributed by atoms with Crippen LogP contribution in [0.25, 0.3) is 0 Å². The van der Waals surface area contributed by atoms with Crippen LogP contribution in [-0.2, 0) is 16.0 Å². The number of halogens is 1. The van der Waals surface area contributed by atoms with Crippen LogP contribution in [0.3, 0.4) is 0 Å². The summed E-state index contributed by atoms with van der Waals surface area (Å²) in [4.78, 5) is 26.1. The van der Waals surface area contributed by atoms with Crippen molar-refractivity contribution in [2.24, 2.45) is 5.73 Å². The molecule has 3 N–H and O–H groups in total. The smallest absolute Gasteiger partial charge is 0.409 e.